The molecule has 1 unspecified atom stereocenters. The standard InChI is InChI=1S/C14H17NO2/c1-2-8-17-10-14(16)13-5-3-4-11-9-15-7-6-12(11)13/h3-7,9,14,16H,2,8,10H2,1H3. The van der Waals surface area contributed by atoms with E-state index in [1.54, 1.807) is 12.4 Å². The smallest absolute Gasteiger partial charge is 0.103 e. The van der Waals surface area contributed by atoms with Crippen LogP contribution >= 0.6 is 0 Å². The van der Waals surface area contributed by atoms with Crippen LogP contribution < -0.4 is 0 Å². The van der Waals surface area contributed by atoms with Crippen molar-refractivity contribution in [3.05, 3.63) is 42.2 Å². The molecule has 3 nitrogen and oxygen atoms in total. The Morgan fingerprint density at radius 3 is 3.06 bits per heavy atom. The van der Waals surface area contributed by atoms with Gasteiger partial charge in [-0.3, -0.25) is 4.98 Å². The lowest BCUT2D eigenvalue weighted by atomic mass is 10.0. The molecule has 2 rings (SSSR count). The predicted octanol–water partition coefficient (Wildman–Crippen LogP) is 2.69. The number of rotatable bonds is 5. The monoisotopic (exact) mass is 231 g/mol. The molecule has 0 aliphatic carbocycles. The van der Waals surface area contributed by atoms with E-state index >= 15 is 0 Å². The molecule has 0 saturated carbocycles. The van der Waals surface area contributed by atoms with Crippen molar-refractivity contribution in [1.82, 2.24) is 4.98 Å². The van der Waals surface area contributed by atoms with Gasteiger partial charge in [-0.25, -0.2) is 0 Å². The lowest BCUT2D eigenvalue weighted by Gasteiger charge is -2.13. The number of pyridine rings is 1. The van der Waals surface area contributed by atoms with E-state index in [0.717, 1.165) is 22.8 Å². The minimum Gasteiger partial charge on any atom is -0.386 e. The van der Waals surface area contributed by atoms with Gasteiger partial charge in [0.05, 0.1) is 6.61 Å². The summed E-state index contributed by atoms with van der Waals surface area (Å²) in [7, 11) is 0. The molecular weight excluding hydrogens is 214 g/mol. The molecule has 0 aliphatic rings. The lowest BCUT2D eigenvalue weighted by molar-refractivity contribution is 0.0371. The number of hydrogen-bond donors (Lipinski definition) is 1. The van der Waals surface area contributed by atoms with Crippen molar-refractivity contribution in [2.75, 3.05) is 13.2 Å². The normalized spacial score (nSPS) is 12.8. The van der Waals surface area contributed by atoms with Gasteiger partial charge in [0.25, 0.3) is 0 Å². The Morgan fingerprint density at radius 2 is 2.24 bits per heavy atom. The molecule has 1 aromatic heterocycles. The Hall–Kier alpha value is -1.45. The van der Waals surface area contributed by atoms with Gasteiger partial charge < -0.3 is 9.84 Å². The fraction of sp³-hybridized carbons (Fsp3) is 0.357. The van der Waals surface area contributed by atoms with Crippen molar-refractivity contribution in [3.8, 4) is 0 Å². The highest BCUT2D eigenvalue weighted by molar-refractivity contribution is 5.85. The highest BCUT2D eigenvalue weighted by atomic mass is 16.5. The van der Waals surface area contributed by atoms with E-state index in [1.165, 1.54) is 0 Å². The zero-order valence-corrected chi connectivity index (χ0v) is 9.97. The number of fused-ring (bicyclic) bond motifs is 1. The minimum atomic E-state index is -0.576. The second-order valence-electron chi connectivity index (χ2n) is 4.03. The molecule has 0 amide bonds. The van der Waals surface area contributed by atoms with Crippen LogP contribution in [0.25, 0.3) is 10.8 Å². The first-order valence-corrected chi connectivity index (χ1v) is 5.91. The van der Waals surface area contributed by atoms with E-state index in [4.69, 9.17) is 4.74 Å². The van der Waals surface area contributed by atoms with Gasteiger partial charge in [-0.2, -0.15) is 0 Å². The highest BCUT2D eigenvalue weighted by Crippen LogP contribution is 2.23. The molecule has 1 atom stereocenters. The Balaban J connectivity index is 2.22. The largest absolute Gasteiger partial charge is 0.386 e. The van der Waals surface area contributed by atoms with Crippen molar-refractivity contribution in [3.63, 3.8) is 0 Å². The van der Waals surface area contributed by atoms with Crippen molar-refractivity contribution in [2.45, 2.75) is 19.4 Å². The third kappa shape index (κ3) is 2.81. The number of aliphatic hydroxyl groups excluding tert-OH is 1. The minimum absolute atomic E-state index is 0.343. The second kappa shape index (κ2) is 5.75. The molecule has 1 heterocycles. The Morgan fingerprint density at radius 1 is 1.35 bits per heavy atom. The summed E-state index contributed by atoms with van der Waals surface area (Å²) >= 11 is 0. The van der Waals surface area contributed by atoms with Gasteiger partial charge >= 0.3 is 0 Å². The van der Waals surface area contributed by atoms with E-state index in [-0.39, 0.29) is 0 Å². The zero-order chi connectivity index (χ0) is 12.1. The van der Waals surface area contributed by atoms with Crippen LogP contribution in [0.15, 0.2) is 36.7 Å². The number of aromatic nitrogens is 1. The van der Waals surface area contributed by atoms with E-state index in [1.807, 2.05) is 24.3 Å². The first kappa shape index (κ1) is 12.0. The van der Waals surface area contributed by atoms with Gasteiger partial charge in [-0.15, -0.1) is 0 Å². The molecule has 17 heavy (non-hydrogen) atoms. The summed E-state index contributed by atoms with van der Waals surface area (Å²) < 4.78 is 5.38. The number of aliphatic hydroxyl groups is 1. The summed E-state index contributed by atoms with van der Waals surface area (Å²) in [6.07, 6.45) is 3.93. The fourth-order valence-electron chi connectivity index (χ4n) is 1.87. The molecule has 1 N–H and O–H groups in total. The van der Waals surface area contributed by atoms with Crippen LogP contribution in [0.4, 0.5) is 0 Å². The third-order valence-corrected chi connectivity index (χ3v) is 2.70. The molecule has 0 saturated heterocycles. The Bertz CT molecular complexity index is 479. The Kier molecular flexibility index (Phi) is 4.07. The first-order valence-electron chi connectivity index (χ1n) is 5.91. The summed E-state index contributed by atoms with van der Waals surface area (Å²) in [6, 6.07) is 7.78. The van der Waals surface area contributed by atoms with Crippen LogP contribution in [-0.2, 0) is 4.74 Å². The van der Waals surface area contributed by atoms with E-state index < -0.39 is 6.10 Å². The van der Waals surface area contributed by atoms with Crippen LogP contribution in [0.1, 0.15) is 25.0 Å². The average Bonchev–Trinajstić information content (AvgIpc) is 2.38. The van der Waals surface area contributed by atoms with Gasteiger partial charge in [0, 0.05) is 24.4 Å². The van der Waals surface area contributed by atoms with E-state index in [0.29, 0.717) is 13.2 Å². The molecule has 0 fully saturated rings. The third-order valence-electron chi connectivity index (χ3n) is 2.70. The number of nitrogens with zero attached hydrogens (tertiary/aromatic N) is 1. The van der Waals surface area contributed by atoms with Crippen LogP contribution in [0.3, 0.4) is 0 Å². The fourth-order valence-corrected chi connectivity index (χ4v) is 1.87. The summed E-state index contributed by atoms with van der Waals surface area (Å²) in [5.74, 6) is 0. The summed E-state index contributed by atoms with van der Waals surface area (Å²) in [5, 5.41) is 12.2. The number of hydrogen-bond acceptors (Lipinski definition) is 3. The van der Waals surface area contributed by atoms with Crippen LogP contribution in [-0.4, -0.2) is 23.3 Å². The van der Waals surface area contributed by atoms with Gasteiger partial charge in [-0.1, -0.05) is 25.1 Å². The molecular formula is C14H17NO2. The van der Waals surface area contributed by atoms with Crippen LogP contribution in [0, 0.1) is 0 Å². The molecule has 0 aliphatic heterocycles. The van der Waals surface area contributed by atoms with E-state index in [9.17, 15) is 5.11 Å². The molecule has 90 valence electrons. The van der Waals surface area contributed by atoms with Crippen molar-refractivity contribution in [1.29, 1.82) is 0 Å². The first-order chi connectivity index (χ1) is 8.33. The summed E-state index contributed by atoms with van der Waals surface area (Å²) in [5.41, 5.74) is 0.904. The van der Waals surface area contributed by atoms with Crippen molar-refractivity contribution < 1.29 is 9.84 Å². The maximum Gasteiger partial charge on any atom is 0.103 e. The van der Waals surface area contributed by atoms with Gasteiger partial charge in [0.1, 0.15) is 6.10 Å². The quantitative estimate of drug-likeness (QED) is 0.804. The van der Waals surface area contributed by atoms with Gasteiger partial charge in [0.15, 0.2) is 0 Å². The maximum absolute atomic E-state index is 10.1. The lowest BCUT2D eigenvalue weighted by Crippen LogP contribution is -2.08. The topological polar surface area (TPSA) is 42.4 Å². The van der Waals surface area contributed by atoms with Crippen LogP contribution in [0.2, 0.25) is 0 Å². The molecule has 2 aromatic rings. The number of ether oxygens (including phenoxy) is 1. The molecule has 0 radical (unpaired) electrons. The van der Waals surface area contributed by atoms with Gasteiger partial charge in [-0.05, 0) is 23.4 Å². The maximum atomic E-state index is 10.1. The predicted molar refractivity (Wildman–Crippen MR) is 67.8 cm³/mol. The van der Waals surface area contributed by atoms with Crippen LogP contribution in [0.5, 0.6) is 0 Å². The van der Waals surface area contributed by atoms with Crippen molar-refractivity contribution in [2.24, 2.45) is 0 Å². The van der Waals surface area contributed by atoms with Crippen molar-refractivity contribution >= 4 is 10.8 Å². The average molecular weight is 231 g/mol. The zero-order valence-electron chi connectivity index (χ0n) is 9.97. The SMILES string of the molecule is CCCOCC(O)c1cccc2cnccc12. The molecule has 1 aromatic carbocycles. The van der Waals surface area contributed by atoms with E-state index in [2.05, 4.69) is 11.9 Å². The summed E-state index contributed by atoms with van der Waals surface area (Å²) in [6.45, 7) is 3.08. The molecule has 3 heteroatoms. The van der Waals surface area contributed by atoms with Gasteiger partial charge in [0.2, 0.25) is 0 Å². The summed E-state index contributed by atoms with van der Waals surface area (Å²) in [4.78, 5) is 4.08. The number of benzene rings is 1. The Labute approximate surface area is 101 Å². The second-order valence-corrected chi connectivity index (χ2v) is 4.03. The molecule has 0 spiro atoms. The molecule has 0 bridgehead atoms. The highest BCUT2D eigenvalue weighted by Gasteiger charge is 2.10.